The molecule has 0 radical (unpaired) electrons. The smallest absolute Gasteiger partial charge is 0.329 e. The third-order valence-corrected chi connectivity index (χ3v) is 4.35. The fourth-order valence-electron chi connectivity index (χ4n) is 2.87. The first-order valence-corrected chi connectivity index (χ1v) is 8.24. The summed E-state index contributed by atoms with van der Waals surface area (Å²) in [4.78, 5) is 24.6. The summed E-state index contributed by atoms with van der Waals surface area (Å²) in [6.45, 7) is -0.0415. The largest absolute Gasteiger partial charge is 0.497 e. The van der Waals surface area contributed by atoms with Crippen LogP contribution in [0.3, 0.4) is 0 Å². The highest BCUT2D eigenvalue weighted by Gasteiger charge is 2.14. The zero-order chi connectivity index (χ0) is 18.7. The lowest BCUT2D eigenvalue weighted by atomic mass is 10.1. The number of hydrogen-bond acceptors (Lipinski definition) is 4. The molecule has 0 saturated heterocycles. The number of carbonyl (C=O) groups excluding carboxylic acids is 1. The number of methoxy groups -OCH3 is 1. The highest BCUT2D eigenvalue weighted by Crippen LogP contribution is 2.17. The van der Waals surface area contributed by atoms with Gasteiger partial charge in [-0.15, -0.1) is 0 Å². The molecule has 26 heavy (non-hydrogen) atoms. The van der Waals surface area contributed by atoms with Gasteiger partial charge in [-0.2, -0.15) is 0 Å². The van der Waals surface area contributed by atoms with Crippen LogP contribution in [-0.2, 0) is 18.4 Å². The minimum Gasteiger partial charge on any atom is -0.497 e. The first-order valence-electron chi connectivity index (χ1n) is 8.24. The lowest BCUT2D eigenvalue weighted by molar-refractivity contribution is -0.122. The maximum Gasteiger partial charge on any atom is 0.329 e. The fraction of sp³-hybridized carbons (Fsp3) is 0.263. The van der Waals surface area contributed by atoms with Crippen LogP contribution in [0.4, 0.5) is 0 Å². The second kappa shape index (κ2) is 7.45. The Balaban J connectivity index is 1.66. The van der Waals surface area contributed by atoms with Gasteiger partial charge in [0, 0.05) is 13.6 Å². The number of fused-ring (bicyclic) bond motifs is 1. The molecule has 1 unspecified atom stereocenters. The van der Waals surface area contributed by atoms with E-state index in [4.69, 9.17) is 4.74 Å². The standard InChI is InChI=1S/C19H21N3O4/c1-21-15-5-3-4-6-16(15)22(19(21)25)12-18(24)20-11-17(23)13-7-9-14(26-2)10-8-13/h3-10,17,23H,11-12H2,1-2H3,(H,20,24). The number of aryl methyl sites for hydroxylation is 1. The molecular weight excluding hydrogens is 334 g/mol. The number of benzene rings is 2. The van der Waals surface area contributed by atoms with Gasteiger partial charge in [0.25, 0.3) is 0 Å². The predicted octanol–water partition coefficient (Wildman–Crippen LogP) is 1.20. The molecule has 3 aromatic rings. The molecule has 1 atom stereocenters. The van der Waals surface area contributed by atoms with Gasteiger partial charge < -0.3 is 15.2 Å². The number of nitrogens with one attached hydrogen (secondary N) is 1. The van der Waals surface area contributed by atoms with Crippen LogP contribution < -0.4 is 15.7 Å². The first kappa shape index (κ1) is 17.8. The molecule has 1 amide bonds. The van der Waals surface area contributed by atoms with Crippen molar-refractivity contribution in [2.45, 2.75) is 12.6 Å². The van der Waals surface area contributed by atoms with E-state index in [1.807, 2.05) is 18.2 Å². The van der Waals surface area contributed by atoms with Gasteiger partial charge in [-0.3, -0.25) is 13.9 Å². The minimum atomic E-state index is -0.839. The van der Waals surface area contributed by atoms with E-state index in [0.29, 0.717) is 16.8 Å². The molecule has 0 aliphatic heterocycles. The van der Waals surface area contributed by atoms with E-state index in [9.17, 15) is 14.7 Å². The molecule has 0 aliphatic rings. The number of hydrogen-bond donors (Lipinski definition) is 2. The van der Waals surface area contributed by atoms with E-state index in [0.717, 1.165) is 5.52 Å². The van der Waals surface area contributed by atoms with Crippen LogP contribution >= 0.6 is 0 Å². The number of imidazole rings is 1. The van der Waals surface area contributed by atoms with Crippen molar-refractivity contribution in [3.63, 3.8) is 0 Å². The van der Waals surface area contributed by atoms with Crippen LogP contribution in [-0.4, -0.2) is 33.8 Å². The molecule has 0 aliphatic carbocycles. The Bertz CT molecular complexity index is 973. The van der Waals surface area contributed by atoms with Crippen LogP contribution in [0.25, 0.3) is 11.0 Å². The van der Waals surface area contributed by atoms with Gasteiger partial charge in [-0.1, -0.05) is 24.3 Å². The average molecular weight is 355 g/mol. The van der Waals surface area contributed by atoms with E-state index in [2.05, 4.69) is 5.32 Å². The quantitative estimate of drug-likeness (QED) is 0.696. The summed E-state index contributed by atoms with van der Waals surface area (Å²) in [5.41, 5.74) is 1.89. The Hall–Kier alpha value is -3.06. The third kappa shape index (κ3) is 3.48. The van der Waals surface area contributed by atoms with Crippen molar-refractivity contribution in [1.82, 2.24) is 14.5 Å². The highest BCUT2D eigenvalue weighted by molar-refractivity contribution is 5.80. The molecule has 1 heterocycles. The van der Waals surface area contributed by atoms with Crippen LogP contribution in [0.2, 0.25) is 0 Å². The number of carbonyl (C=O) groups is 1. The molecule has 0 spiro atoms. The molecule has 0 bridgehead atoms. The van der Waals surface area contributed by atoms with E-state index in [-0.39, 0.29) is 24.7 Å². The van der Waals surface area contributed by atoms with Gasteiger partial charge in [-0.05, 0) is 29.8 Å². The van der Waals surface area contributed by atoms with Crippen molar-refractivity contribution < 1.29 is 14.6 Å². The number of ether oxygens (including phenoxy) is 1. The van der Waals surface area contributed by atoms with Gasteiger partial charge in [0.15, 0.2) is 0 Å². The maximum atomic E-state index is 12.3. The Labute approximate surface area is 150 Å². The molecule has 2 N–H and O–H groups in total. The zero-order valence-electron chi connectivity index (χ0n) is 14.7. The summed E-state index contributed by atoms with van der Waals surface area (Å²) >= 11 is 0. The molecule has 7 heteroatoms. The van der Waals surface area contributed by atoms with E-state index >= 15 is 0 Å². The average Bonchev–Trinajstić information content (AvgIpc) is 2.91. The summed E-state index contributed by atoms with van der Waals surface area (Å²) in [5, 5.41) is 12.9. The number of aromatic nitrogens is 2. The van der Waals surface area contributed by atoms with E-state index < -0.39 is 6.10 Å². The molecule has 1 aromatic heterocycles. The summed E-state index contributed by atoms with van der Waals surface area (Å²) in [5.74, 6) is 0.358. The SMILES string of the molecule is COc1ccc(C(O)CNC(=O)Cn2c(=O)n(C)c3ccccc32)cc1. The van der Waals surface area contributed by atoms with E-state index in [1.54, 1.807) is 44.5 Å². The first-order chi connectivity index (χ1) is 12.5. The van der Waals surface area contributed by atoms with Gasteiger partial charge in [0.1, 0.15) is 12.3 Å². The summed E-state index contributed by atoms with van der Waals surface area (Å²) in [6, 6.07) is 14.3. The summed E-state index contributed by atoms with van der Waals surface area (Å²) < 4.78 is 8.01. The lowest BCUT2D eigenvalue weighted by Crippen LogP contribution is -2.34. The Morgan fingerprint density at radius 1 is 1.15 bits per heavy atom. The highest BCUT2D eigenvalue weighted by atomic mass is 16.5. The van der Waals surface area contributed by atoms with Gasteiger partial charge in [0.2, 0.25) is 5.91 Å². The van der Waals surface area contributed by atoms with Gasteiger partial charge in [0.05, 0.1) is 24.2 Å². The fourth-order valence-corrected chi connectivity index (χ4v) is 2.87. The number of aliphatic hydroxyl groups is 1. The van der Waals surface area contributed by atoms with Crippen LogP contribution in [0.1, 0.15) is 11.7 Å². The predicted molar refractivity (Wildman–Crippen MR) is 98.1 cm³/mol. The number of para-hydroxylation sites is 2. The number of nitrogens with zero attached hydrogens (tertiary/aromatic N) is 2. The Morgan fingerprint density at radius 3 is 2.46 bits per heavy atom. The molecule has 3 rings (SSSR count). The summed E-state index contributed by atoms with van der Waals surface area (Å²) in [6.07, 6.45) is -0.839. The van der Waals surface area contributed by atoms with Crippen LogP contribution in [0.5, 0.6) is 5.75 Å². The van der Waals surface area contributed by atoms with Crippen molar-refractivity contribution >= 4 is 16.9 Å². The molecule has 136 valence electrons. The summed E-state index contributed by atoms with van der Waals surface area (Å²) in [7, 11) is 3.24. The van der Waals surface area contributed by atoms with Crippen molar-refractivity contribution in [3.05, 3.63) is 64.6 Å². The molecular formula is C19H21N3O4. The third-order valence-electron chi connectivity index (χ3n) is 4.35. The van der Waals surface area contributed by atoms with Crippen molar-refractivity contribution in [1.29, 1.82) is 0 Å². The maximum absolute atomic E-state index is 12.3. The van der Waals surface area contributed by atoms with Crippen molar-refractivity contribution in [2.24, 2.45) is 7.05 Å². The van der Waals surface area contributed by atoms with E-state index in [1.165, 1.54) is 9.13 Å². The molecule has 0 saturated carbocycles. The molecule has 7 nitrogen and oxygen atoms in total. The number of amides is 1. The second-order valence-electron chi connectivity index (χ2n) is 6.01. The Kier molecular flexibility index (Phi) is 5.09. The lowest BCUT2D eigenvalue weighted by Gasteiger charge is -2.13. The zero-order valence-corrected chi connectivity index (χ0v) is 14.7. The van der Waals surface area contributed by atoms with Crippen LogP contribution in [0.15, 0.2) is 53.3 Å². The van der Waals surface area contributed by atoms with Gasteiger partial charge >= 0.3 is 5.69 Å². The molecule has 2 aromatic carbocycles. The monoisotopic (exact) mass is 355 g/mol. The number of aliphatic hydroxyl groups excluding tert-OH is 1. The second-order valence-corrected chi connectivity index (χ2v) is 6.01. The van der Waals surface area contributed by atoms with Crippen molar-refractivity contribution in [2.75, 3.05) is 13.7 Å². The normalized spacial score (nSPS) is 12.1. The number of rotatable bonds is 6. The van der Waals surface area contributed by atoms with Crippen LogP contribution in [0, 0.1) is 0 Å². The van der Waals surface area contributed by atoms with Gasteiger partial charge in [-0.25, -0.2) is 4.79 Å². The molecule has 0 fully saturated rings. The minimum absolute atomic E-state index is 0.0602. The Morgan fingerprint density at radius 2 is 1.81 bits per heavy atom. The topological polar surface area (TPSA) is 85.5 Å². The van der Waals surface area contributed by atoms with Crippen molar-refractivity contribution in [3.8, 4) is 5.75 Å².